The Hall–Kier alpha value is -6.06. The Morgan fingerprint density at radius 3 is 2.50 bits per heavy atom. The summed E-state index contributed by atoms with van der Waals surface area (Å²) in [5, 5.41) is 17.0. The monoisotopic (exact) mass is 934 g/mol. The lowest BCUT2D eigenvalue weighted by Crippen LogP contribution is -2.60. The molecule has 2 aliphatic heterocycles. The van der Waals surface area contributed by atoms with Crippen molar-refractivity contribution in [3.63, 3.8) is 0 Å². The molecule has 0 unspecified atom stereocenters. The number of fused-ring (bicyclic) bond motifs is 1. The number of amides is 4. The van der Waals surface area contributed by atoms with Gasteiger partial charge in [0.15, 0.2) is 0 Å². The maximum Gasteiger partial charge on any atom is 0.293 e. The Labute approximate surface area is 401 Å². The van der Waals surface area contributed by atoms with Crippen LogP contribution in [0.4, 0.5) is 0 Å². The third kappa shape index (κ3) is 11.4. The lowest BCUT2D eigenvalue weighted by atomic mass is 9.84. The second-order valence-corrected chi connectivity index (χ2v) is 19.6. The number of nitrogens with one attached hydrogen (secondary N) is 2. The number of hydrogen-bond acceptors (Lipinski definition) is 10. The second-order valence-electron chi connectivity index (χ2n) is 19.6. The molecular weight excluding hydrogens is 863 g/mol. The number of aromatic hydroxyl groups is 1. The molecular formula is C53H71N7O8. The summed E-state index contributed by atoms with van der Waals surface area (Å²) in [6, 6.07) is 11.6. The van der Waals surface area contributed by atoms with Crippen LogP contribution < -0.4 is 10.7 Å². The Balaban J connectivity index is 1.39. The van der Waals surface area contributed by atoms with Gasteiger partial charge in [-0.3, -0.25) is 34.0 Å². The minimum absolute atomic E-state index is 0.00451. The zero-order valence-corrected chi connectivity index (χ0v) is 41.3. The van der Waals surface area contributed by atoms with E-state index in [9.17, 15) is 29.1 Å². The van der Waals surface area contributed by atoms with Crippen molar-refractivity contribution in [1.82, 2.24) is 35.1 Å². The molecule has 3 N–H and O–H groups in total. The molecule has 4 aromatic rings. The van der Waals surface area contributed by atoms with E-state index in [1.54, 1.807) is 42.4 Å². The lowest BCUT2D eigenvalue weighted by molar-refractivity contribution is -0.146. The predicted molar refractivity (Wildman–Crippen MR) is 263 cm³/mol. The number of benzene rings is 2. The summed E-state index contributed by atoms with van der Waals surface area (Å²) in [7, 11) is 3.32. The minimum atomic E-state index is -1.05. The first-order valence-corrected chi connectivity index (χ1v) is 24.0. The average molecular weight is 934 g/mol. The summed E-state index contributed by atoms with van der Waals surface area (Å²) in [4.78, 5) is 74.2. The smallest absolute Gasteiger partial charge is 0.293 e. The summed E-state index contributed by atoms with van der Waals surface area (Å²) in [5.74, 6) is -2.06. The van der Waals surface area contributed by atoms with Gasteiger partial charge in [0, 0.05) is 87.1 Å². The number of ether oxygens (including phenoxy) is 2. The molecule has 0 radical (unpaired) electrons. The SMILES string of the molecule is C=CC(=O)N1CC[C@H](C(=O)N(C)[C@H](C(=O)N[C@@H](Cc2cc(O)cc(-c3ccc4c(c3)c(CC(C)(C)COC=O)c(-c3cnccc3[C@H](CC)OC)n4CC)c2)C(=O)N2CCC[C@@H](C)N2)C(C)C)C1. The first kappa shape index (κ1) is 51.3. The minimum Gasteiger partial charge on any atom is -0.508 e. The van der Waals surface area contributed by atoms with Crippen molar-refractivity contribution in [2.45, 2.75) is 118 Å². The molecule has 15 nitrogen and oxygen atoms in total. The fourth-order valence-corrected chi connectivity index (χ4v) is 10.2. The number of methoxy groups -OCH3 is 1. The topological polar surface area (TPSA) is 176 Å². The number of pyridine rings is 1. The quantitative estimate of drug-likeness (QED) is 0.0619. The van der Waals surface area contributed by atoms with Crippen LogP contribution in [0.15, 0.2) is 67.5 Å². The summed E-state index contributed by atoms with van der Waals surface area (Å²) in [6.45, 7) is 20.1. The highest BCUT2D eigenvalue weighted by molar-refractivity contribution is 5.96. The molecule has 0 spiro atoms. The van der Waals surface area contributed by atoms with Crippen LogP contribution in [0.5, 0.6) is 5.75 Å². The van der Waals surface area contributed by atoms with Crippen molar-refractivity contribution in [2.24, 2.45) is 17.3 Å². The summed E-state index contributed by atoms with van der Waals surface area (Å²) in [5.41, 5.74) is 10.0. The maximum atomic E-state index is 14.5. The normalized spacial score (nSPS) is 17.7. The highest BCUT2D eigenvalue weighted by Crippen LogP contribution is 2.43. The summed E-state index contributed by atoms with van der Waals surface area (Å²) >= 11 is 0. The molecule has 0 aliphatic carbocycles. The van der Waals surface area contributed by atoms with E-state index in [-0.39, 0.29) is 61.1 Å². The van der Waals surface area contributed by atoms with Crippen molar-refractivity contribution in [2.75, 3.05) is 40.4 Å². The number of likely N-dealkylation sites (tertiary alicyclic amines) is 1. The van der Waals surface area contributed by atoms with Crippen molar-refractivity contribution >= 4 is 41.0 Å². The number of hydrogen-bond donors (Lipinski definition) is 3. The number of carbonyl (C=O) groups excluding carboxylic acids is 5. The van der Waals surface area contributed by atoms with Gasteiger partial charge in [0.1, 0.15) is 17.8 Å². The van der Waals surface area contributed by atoms with Crippen molar-refractivity contribution in [1.29, 1.82) is 0 Å². The number of phenols is 1. The highest BCUT2D eigenvalue weighted by Gasteiger charge is 2.39. The van der Waals surface area contributed by atoms with Gasteiger partial charge in [-0.25, -0.2) is 5.43 Å². The molecule has 2 aromatic heterocycles. The van der Waals surface area contributed by atoms with E-state index < -0.39 is 29.3 Å². The number of carbonyl (C=O) groups is 5. The number of likely N-dealkylation sites (N-methyl/N-ethyl adjacent to an activating group) is 1. The number of hydrazine groups is 1. The Bertz CT molecular complexity index is 2480. The molecule has 15 heteroatoms. The molecule has 4 heterocycles. The zero-order chi connectivity index (χ0) is 49.4. The van der Waals surface area contributed by atoms with Gasteiger partial charge in [-0.15, -0.1) is 0 Å². The van der Waals surface area contributed by atoms with E-state index in [1.165, 1.54) is 11.0 Å². The van der Waals surface area contributed by atoms with Gasteiger partial charge in [0.2, 0.25) is 17.7 Å². The fraction of sp³-hybridized carbons (Fsp3) is 0.509. The number of nitrogens with zero attached hydrogens (tertiary/aromatic N) is 5. The van der Waals surface area contributed by atoms with Crippen molar-refractivity contribution < 1.29 is 38.6 Å². The van der Waals surface area contributed by atoms with Crippen LogP contribution in [0.2, 0.25) is 0 Å². The van der Waals surface area contributed by atoms with E-state index in [0.717, 1.165) is 58.1 Å². The molecule has 2 fully saturated rings. The van der Waals surface area contributed by atoms with Crippen LogP contribution in [0, 0.1) is 17.3 Å². The highest BCUT2D eigenvalue weighted by atomic mass is 16.5. The molecule has 6 rings (SSSR count). The molecule has 2 saturated heterocycles. The predicted octanol–water partition coefficient (Wildman–Crippen LogP) is 7.00. The molecule has 68 heavy (non-hydrogen) atoms. The number of aromatic nitrogens is 2. The van der Waals surface area contributed by atoms with Crippen LogP contribution in [-0.4, -0.2) is 118 Å². The summed E-state index contributed by atoms with van der Waals surface area (Å²) < 4.78 is 13.6. The van der Waals surface area contributed by atoms with Gasteiger partial charge in [-0.05, 0) is 116 Å². The Morgan fingerprint density at radius 1 is 1.07 bits per heavy atom. The first-order valence-electron chi connectivity index (χ1n) is 24.0. The van der Waals surface area contributed by atoms with Gasteiger partial charge in [-0.1, -0.05) is 53.3 Å². The Kier molecular flexibility index (Phi) is 16.9. The largest absolute Gasteiger partial charge is 0.508 e. The maximum absolute atomic E-state index is 14.5. The third-order valence-electron chi connectivity index (χ3n) is 13.5. The van der Waals surface area contributed by atoms with Crippen molar-refractivity contribution in [3.8, 4) is 28.1 Å². The van der Waals surface area contributed by atoms with E-state index in [2.05, 4.69) is 66.7 Å². The number of aryl methyl sites for hydroxylation is 1. The molecule has 4 amide bonds. The average Bonchev–Trinajstić information content (AvgIpc) is 3.93. The standard InChI is InChI=1S/C53H71N7O8/c1-11-46(67-10)40-18-20-54-29-43(40)49-42(28-53(7,8)31-68-32-61)41-27-36(16-17-45(41)59(49)13-3)38-23-35(24-39(62)26-38)25-44(52(66)60-21-14-15-34(6)56-60)55-50(64)48(33(4)5)57(9)51(65)37-19-22-58(30-37)47(63)12-2/h12,16-18,20,23-24,26-27,29,32-34,37,44,46,48,56,62H,2,11,13-15,19,21-22,25,28,30-31H2,1,3-10H3,(H,55,64)/t34-,37+,44+,46+,48+/m1/s1. The lowest BCUT2D eigenvalue weighted by Gasteiger charge is -2.36. The molecule has 366 valence electrons. The van der Waals surface area contributed by atoms with E-state index >= 15 is 0 Å². The van der Waals surface area contributed by atoms with Gasteiger partial charge >= 0.3 is 0 Å². The van der Waals surface area contributed by atoms with E-state index in [1.807, 2.05) is 45.2 Å². The van der Waals surface area contributed by atoms with Crippen LogP contribution in [-0.2, 0) is 52.8 Å². The molecule has 2 aromatic carbocycles. The van der Waals surface area contributed by atoms with Crippen LogP contribution in [0.25, 0.3) is 33.3 Å². The first-order chi connectivity index (χ1) is 32.4. The molecule has 0 bridgehead atoms. The van der Waals surface area contributed by atoms with E-state index in [0.29, 0.717) is 50.1 Å². The fourth-order valence-electron chi connectivity index (χ4n) is 10.2. The van der Waals surface area contributed by atoms with Crippen LogP contribution >= 0.6 is 0 Å². The van der Waals surface area contributed by atoms with Crippen LogP contribution in [0.1, 0.15) is 96.9 Å². The zero-order valence-electron chi connectivity index (χ0n) is 41.3. The third-order valence-corrected chi connectivity index (χ3v) is 13.5. The van der Waals surface area contributed by atoms with Gasteiger partial charge < -0.3 is 34.3 Å². The van der Waals surface area contributed by atoms with E-state index in [4.69, 9.17) is 9.47 Å². The van der Waals surface area contributed by atoms with Gasteiger partial charge in [-0.2, -0.15) is 0 Å². The number of phenolic OH excluding ortho intramolecular Hbond substituents is 1. The van der Waals surface area contributed by atoms with Crippen molar-refractivity contribution in [3.05, 3.63) is 84.2 Å². The molecule has 2 aliphatic rings. The van der Waals surface area contributed by atoms with Crippen LogP contribution in [0.3, 0.4) is 0 Å². The second kappa shape index (κ2) is 22.4. The molecule has 0 saturated carbocycles. The Morgan fingerprint density at radius 2 is 1.84 bits per heavy atom. The molecule has 5 atom stereocenters. The van der Waals surface area contributed by atoms with Gasteiger partial charge in [0.05, 0.1) is 24.3 Å². The van der Waals surface area contributed by atoms with Gasteiger partial charge in [0.25, 0.3) is 12.4 Å². The summed E-state index contributed by atoms with van der Waals surface area (Å²) in [6.07, 6.45) is 8.29. The number of rotatable bonds is 20.